The van der Waals surface area contributed by atoms with Crippen molar-refractivity contribution in [3.63, 3.8) is 0 Å². The van der Waals surface area contributed by atoms with Gasteiger partial charge in [-0.3, -0.25) is 0 Å². The summed E-state index contributed by atoms with van der Waals surface area (Å²) >= 11 is 0. The van der Waals surface area contributed by atoms with Crippen molar-refractivity contribution < 1.29 is 9.47 Å². The lowest BCUT2D eigenvalue weighted by Gasteiger charge is -2.16. The van der Waals surface area contributed by atoms with E-state index in [0.717, 1.165) is 40.7 Å². The zero-order valence-corrected chi connectivity index (χ0v) is 16.8. The number of ether oxygens (including phenoxy) is 2. The van der Waals surface area contributed by atoms with E-state index in [2.05, 4.69) is 34.2 Å². The molecule has 2 N–H and O–H groups in total. The minimum atomic E-state index is -1.12. The Morgan fingerprint density at radius 1 is 1.12 bits per heavy atom. The molecule has 3 rings (SSSR count). The summed E-state index contributed by atoms with van der Waals surface area (Å²) in [6, 6.07) is 11.1. The van der Waals surface area contributed by atoms with Gasteiger partial charge in [-0.25, -0.2) is 9.97 Å². The molecular weight excluding hydrogens is 344 g/mol. The minimum absolute atomic E-state index is 0.436. The van der Waals surface area contributed by atoms with Gasteiger partial charge in [0, 0.05) is 14.7 Å². The average molecular weight is 371 g/mol. The third kappa shape index (κ3) is 4.05. The molecule has 0 aliphatic carbocycles. The van der Waals surface area contributed by atoms with Crippen LogP contribution >= 0.6 is 0 Å². The average Bonchev–Trinajstić information content (AvgIpc) is 2.98. The van der Waals surface area contributed by atoms with Crippen LogP contribution in [0.1, 0.15) is 0 Å². The highest BCUT2D eigenvalue weighted by Gasteiger charge is 2.16. The molecule has 0 amide bonds. The third-order valence-electron chi connectivity index (χ3n) is 4.32. The van der Waals surface area contributed by atoms with Crippen LogP contribution in [-0.2, 0) is 11.5 Å². The normalized spacial score (nSPS) is 11.8. The number of benzene rings is 1. The molecule has 0 bridgehead atoms. The lowest BCUT2D eigenvalue weighted by atomic mass is 10.1. The number of nitrogens with zero attached hydrogens (tertiary/aromatic N) is 3. The van der Waals surface area contributed by atoms with Crippen LogP contribution in [0.25, 0.3) is 22.3 Å². The fourth-order valence-electron chi connectivity index (χ4n) is 2.75. The first-order valence-electron chi connectivity index (χ1n) is 8.71. The number of rotatable bonds is 7. The van der Waals surface area contributed by atoms with Crippen LogP contribution in [0.4, 0.5) is 5.82 Å². The number of nitrogen functional groups attached to an aromatic ring is 1. The highest BCUT2D eigenvalue weighted by Crippen LogP contribution is 2.30. The van der Waals surface area contributed by atoms with Gasteiger partial charge in [-0.05, 0) is 41.9 Å². The third-order valence-corrected chi connectivity index (χ3v) is 6.03. The largest absolute Gasteiger partial charge is 0.497 e. The number of hydrogen-bond acceptors (Lipinski definition) is 5. The predicted octanol–water partition coefficient (Wildman–Crippen LogP) is 4.00. The first-order valence-corrected chi connectivity index (χ1v) is 12.4. The number of aromatic nitrogens is 3. The first kappa shape index (κ1) is 18.4. The highest BCUT2D eigenvalue weighted by atomic mass is 28.3. The number of nitrogens with two attached hydrogens (primary N) is 1. The maximum atomic E-state index is 6.05. The monoisotopic (exact) mass is 370 g/mol. The molecule has 6 nitrogen and oxygen atoms in total. The van der Waals surface area contributed by atoms with Crippen LogP contribution in [0.2, 0.25) is 25.7 Å². The quantitative estimate of drug-likeness (QED) is 0.502. The Labute approximate surface area is 155 Å². The van der Waals surface area contributed by atoms with Crippen molar-refractivity contribution in [2.24, 2.45) is 0 Å². The summed E-state index contributed by atoms with van der Waals surface area (Å²) in [7, 11) is 0.538. The molecule has 0 saturated carbocycles. The topological polar surface area (TPSA) is 75.2 Å². The van der Waals surface area contributed by atoms with Gasteiger partial charge in [-0.2, -0.15) is 0 Å². The zero-order valence-electron chi connectivity index (χ0n) is 15.8. The van der Waals surface area contributed by atoms with Gasteiger partial charge in [-0.1, -0.05) is 19.6 Å². The summed E-state index contributed by atoms with van der Waals surface area (Å²) in [5, 5.41) is 0.840. The smallest absolute Gasteiger partial charge is 0.147 e. The van der Waals surface area contributed by atoms with E-state index >= 15 is 0 Å². The van der Waals surface area contributed by atoms with Crippen LogP contribution in [-0.4, -0.2) is 36.3 Å². The van der Waals surface area contributed by atoms with E-state index < -0.39 is 8.07 Å². The second-order valence-electron chi connectivity index (χ2n) is 7.53. The van der Waals surface area contributed by atoms with Gasteiger partial charge in [0.05, 0.1) is 18.2 Å². The van der Waals surface area contributed by atoms with E-state index in [9.17, 15) is 0 Å². The predicted molar refractivity (Wildman–Crippen MR) is 108 cm³/mol. The fraction of sp³-hybridized carbons (Fsp3) is 0.368. The maximum absolute atomic E-state index is 6.05. The Morgan fingerprint density at radius 2 is 1.85 bits per heavy atom. The van der Waals surface area contributed by atoms with Gasteiger partial charge in [0.15, 0.2) is 0 Å². The van der Waals surface area contributed by atoms with Gasteiger partial charge in [-0.15, -0.1) is 0 Å². The standard InChI is InChI=1S/C19H26N4O2Si/c1-24-15-7-5-14(6-8-15)17-11-16-18(20)21-12-22-19(16)23(17)13-25-9-10-26(2,3)4/h5-8,11-12H,9-10,13H2,1-4H3,(H2,20,21,22). The summed E-state index contributed by atoms with van der Waals surface area (Å²) in [4.78, 5) is 8.53. The molecule has 26 heavy (non-hydrogen) atoms. The molecule has 7 heteroatoms. The molecular formula is C19H26N4O2Si. The summed E-state index contributed by atoms with van der Waals surface area (Å²) < 4.78 is 13.3. The molecule has 0 fully saturated rings. The van der Waals surface area contributed by atoms with Gasteiger partial charge < -0.3 is 19.8 Å². The Balaban J connectivity index is 1.94. The van der Waals surface area contributed by atoms with Crippen molar-refractivity contribution >= 4 is 24.9 Å². The van der Waals surface area contributed by atoms with E-state index in [1.165, 1.54) is 6.33 Å². The van der Waals surface area contributed by atoms with Crippen molar-refractivity contribution in [3.05, 3.63) is 36.7 Å². The van der Waals surface area contributed by atoms with Crippen LogP contribution in [0, 0.1) is 0 Å². The Morgan fingerprint density at radius 3 is 2.50 bits per heavy atom. The van der Waals surface area contributed by atoms with E-state index in [0.29, 0.717) is 12.5 Å². The van der Waals surface area contributed by atoms with Crippen molar-refractivity contribution in [1.82, 2.24) is 14.5 Å². The van der Waals surface area contributed by atoms with Gasteiger partial charge in [0.2, 0.25) is 0 Å². The first-order chi connectivity index (χ1) is 12.4. The van der Waals surface area contributed by atoms with E-state index in [4.69, 9.17) is 15.2 Å². The van der Waals surface area contributed by atoms with Gasteiger partial charge >= 0.3 is 0 Å². The molecule has 0 saturated heterocycles. The summed E-state index contributed by atoms with van der Waals surface area (Å²) in [6.07, 6.45) is 1.49. The number of fused-ring (bicyclic) bond motifs is 1. The maximum Gasteiger partial charge on any atom is 0.147 e. The molecule has 0 radical (unpaired) electrons. The van der Waals surface area contributed by atoms with Gasteiger partial charge in [0.1, 0.15) is 30.3 Å². The zero-order chi connectivity index (χ0) is 18.7. The van der Waals surface area contributed by atoms with Crippen molar-refractivity contribution in [1.29, 1.82) is 0 Å². The van der Waals surface area contributed by atoms with Crippen LogP contribution in [0.3, 0.4) is 0 Å². The Hall–Kier alpha value is -2.38. The summed E-state index contributed by atoms with van der Waals surface area (Å²) in [6.45, 7) is 8.22. The van der Waals surface area contributed by atoms with Crippen LogP contribution in [0.5, 0.6) is 5.75 Å². The summed E-state index contributed by atoms with van der Waals surface area (Å²) in [5.41, 5.74) is 8.90. The van der Waals surface area contributed by atoms with Crippen molar-refractivity contribution in [2.75, 3.05) is 19.5 Å². The Bertz CT molecular complexity index is 885. The molecule has 0 aliphatic heterocycles. The molecule has 0 unspecified atom stereocenters. The molecule has 1 aromatic carbocycles. The van der Waals surface area contributed by atoms with Crippen LogP contribution in [0.15, 0.2) is 36.7 Å². The van der Waals surface area contributed by atoms with Crippen molar-refractivity contribution in [3.8, 4) is 17.0 Å². The molecule has 0 atom stereocenters. The van der Waals surface area contributed by atoms with Crippen LogP contribution < -0.4 is 10.5 Å². The second kappa shape index (κ2) is 7.47. The molecule has 2 aromatic heterocycles. The molecule has 2 heterocycles. The van der Waals surface area contributed by atoms with Gasteiger partial charge in [0.25, 0.3) is 0 Å². The molecule has 3 aromatic rings. The number of anilines is 1. The molecule has 0 spiro atoms. The second-order valence-corrected chi connectivity index (χ2v) is 13.2. The Kier molecular flexibility index (Phi) is 5.29. The number of hydrogen-bond donors (Lipinski definition) is 1. The van der Waals surface area contributed by atoms with E-state index in [-0.39, 0.29) is 0 Å². The van der Waals surface area contributed by atoms with E-state index in [1.807, 2.05) is 30.3 Å². The summed E-state index contributed by atoms with van der Waals surface area (Å²) in [5.74, 6) is 1.30. The fourth-order valence-corrected chi connectivity index (χ4v) is 3.50. The van der Waals surface area contributed by atoms with Crippen molar-refractivity contribution in [2.45, 2.75) is 32.4 Å². The molecule has 138 valence electrons. The number of methoxy groups -OCH3 is 1. The minimum Gasteiger partial charge on any atom is -0.497 e. The highest BCUT2D eigenvalue weighted by molar-refractivity contribution is 6.76. The molecule has 0 aliphatic rings. The van der Waals surface area contributed by atoms with E-state index in [1.54, 1.807) is 7.11 Å². The lowest BCUT2D eigenvalue weighted by molar-refractivity contribution is 0.0909. The lowest BCUT2D eigenvalue weighted by Crippen LogP contribution is -2.22. The SMILES string of the molecule is COc1ccc(-c2cc3c(N)ncnc3n2COCC[Si](C)(C)C)cc1.